The van der Waals surface area contributed by atoms with E-state index in [0.717, 1.165) is 18.3 Å². The number of aliphatic hydroxyl groups excluding tert-OH is 1. The van der Waals surface area contributed by atoms with Gasteiger partial charge in [-0.25, -0.2) is 0 Å². The smallest absolute Gasteiger partial charge is 0.0485 e. The van der Waals surface area contributed by atoms with Crippen LogP contribution in [0, 0.1) is 5.92 Å². The molecule has 2 nitrogen and oxygen atoms in total. The Morgan fingerprint density at radius 2 is 2.18 bits per heavy atom. The lowest BCUT2D eigenvalue weighted by molar-refractivity contribution is 0.299. The fourth-order valence-corrected chi connectivity index (χ4v) is 3.63. The molecule has 1 N–H and O–H groups in total. The van der Waals surface area contributed by atoms with Crippen LogP contribution in [0.15, 0.2) is 24.3 Å². The zero-order valence-corrected chi connectivity index (χ0v) is 9.89. The van der Waals surface area contributed by atoms with Crippen LogP contribution in [0.1, 0.15) is 30.0 Å². The van der Waals surface area contributed by atoms with Crippen molar-refractivity contribution >= 4 is 10.9 Å². The van der Waals surface area contributed by atoms with Gasteiger partial charge in [-0.3, -0.25) is 0 Å². The number of fused-ring (bicyclic) bond motifs is 5. The molecule has 0 amide bonds. The molecule has 1 aliphatic heterocycles. The van der Waals surface area contributed by atoms with Crippen LogP contribution < -0.4 is 0 Å². The summed E-state index contributed by atoms with van der Waals surface area (Å²) < 4.78 is 2.51. The molecular weight excluding hydrogens is 210 g/mol. The van der Waals surface area contributed by atoms with Crippen molar-refractivity contribution in [3.63, 3.8) is 0 Å². The van der Waals surface area contributed by atoms with E-state index in [9.17, 15) is 5.11 Å². The predicted octanol–water partition coefficient (Wildman–Crippen LogP) is 2.68. The van der Waals surface area contributed by atoms with Gasteiger partial charge in [0.1, 0.15) is 0 Å². The van der Waals surface area contributed by atoms with Crippen molar-refractivity contribution in [1.29, 1.82) is 0 Å². The molecule has 2 heteroatoms. The molecule has 1 aromatic heterocycles. The number of benzene rings is 1. The lowest BCUT2D eigenvalue weighted by Crippen LogP contribution is -2.10. The Labute approximate surface area is 101 Å². The van der Waals surface area contributed by atoms with Gasteiger partial charge in [0.05, 0.1) is 0 Å². The molecule has 1 aromatic carbocycles. The van der Waals surface area contributed by atoms with E-state index in [4.69, 9.17) is 0 Å². The number of hydrogen-bond acceptors (Lipinski definition) is 1. The highest BCUT2D eigenvalue weighted by Gasteiger charge is 2.44. The fraction of sp³-hybridized carbons (Fsp3) is 0.467. The Morgan fingerprint density at radius 3 is 3.06 bits per heavy atom. The second-order valence-electron chi connectivity index (χ2n) is 5.40. The van der Waals surface area contributed by atoms with Crippen molar-refractivity contribution in [3.05, 3.63) is 35.5 Å². The average Bonchev–Trinajstić information content (AvgIpc) is 3.09. The maximum absolute atomic E-state index is 9.29. The van der Waals surface area contributed by atoms with Crippen molar-refractivity contribution in [2.45, 2.75) is 31.7 Å². The van der Waals surface area contributed by atoms with Gasteiger partial charge in [-0.15, -0.1) is 0 Å². The summed E-state index contributed by atoms with van der Waals surface area (Å²) in [6.07, 6.45) is 3.52. The van der Waals surface area contributed by atoms with Gasteiger partial charge in [0.25, 0.3) is 0 Å². The second kappa shape index (κ2) is 3.36. The maximum atomic E-state index is 9.29. The normalized spacial score (nSPS) is 25.7. The minimum Gasteiger partial charge on any atom is -0.396 e. The number of aliphatic hydroxyl groups is 1. The van der Waals surface area contributed by atoms with Gasteiger partial charge < -0.3 is 9.67 Å². The van der Waals surface area contributed by atoms with Gasteiger partial charge in [-0.2, -0.15) is 0 Å². The van der Waals surface area contributed by atoms with Crippen LogP contribution in [0.3, 0.4) is 0 Å². The Morgan fingerprint density at radius 1 is 1.29 bits per heavy atom. The van der Waals surface area contributed by atoms with Crippen LogP contribution in [0.4, 0.5) is 0 Å². The molecule has 2 atom stereocenters. The van der Waals surface area contributed by atoms with Crippen molar-refractivity contribution in [1.82, 2.24) is 4.57 Å². The van der Waals surface area contributed by atoms with Crippen LogP contribution in [0.25, 0.3) is 10.9 Å². The standard InChI is InChI=1S/C15H17NO/c17-8-6-12-11-3-1-2-4-14(11)16-7-5-10-9-13(10)15(12)16/h1-4,10,13,17H,5-9H2. The third-order valence-electron chi connectivity index (χ3n) is 4.48. The van der Waals surface area contributed by atoms with Crippen LogP contribution in [0.2, 0.25) is 0 Å². The largest absolute Gasteiger partial charge is 0.396 e. The first-order valence-electron chi connectivity index (χ1n) is 6.61. The number of aromatic nitrogens is 1. The number of rotatable bonds is 2. The van der Waals surface area contributed by atoms with Crippen LogP contribution in [-0.4, -0.2) is 16.3 Å². The second-order valence-corrected chi connectivity index (χ2v) is 5.40. The molecule has 2 aliphatic rings. The predicted molar refractivity (Wildman–Crippen MR) is 68.2 cm³/mol. The summed E-state index contributed by atoms with van der Waals surface area (Å²) in [6.45, 7) is 1.43. The highest BCUT2D eigenvalue weighted by atomic mass is 16.2. The summed E-state index contributed by atoms with van der Waals surface area (Å²) >= 11 is 0. The minimum absolute atomic E-state index is 0.262. The first-order valence-corrected chi connectivity index (χ1v) is 6.61. The van der Waals surface area contributed by atoms with E-state index in [2.05, 4.69) is 28.8 Å². The topological polar surface area (TPSA) is 25.2 Å². The molecule has 0 spiro atoms. The Balaban J connectivity index is 2.03. The molecule has 0 radical (unpaired) electrons. The van der Waals surface area contributed by atoms with Gasteiger partial charge >= 0.3 is 0 Å². The first kappa shape index (κ1) is 9.72. The lowest BCUT2D eigenvalue weighted by atomic mass is 10.0. The van der Waals surface area contributed by atoms with Gasteiger partial charge in [0, 0.05) is 35.7 Å². The summed E-state index contributed by atoms with van der Waals surface area (Å²) in [5.74, 6) is 1.72. The molecule has 0 bridgehead atoms. The number of nitrogens with zero attached hydrogens (tertiary/aromatic N) is 1. The first-order chi connectivity index (χ1) is 8.40. The third-order valence-corrected chi connectivity index (χ3v) is 4.48. The molecule has 4 rings (SSSR count). The summed E-state index contributed by atoms with van der Waals surface area (Å²) in [6, 6.07) is 8.67. The summed E-state index contributed by atoms with van der Waals surface area (Å²) in [7, 11) is 0. The summed E-state index contributed by atoms with van der Waals surface area (Å²) in [5, 5.41) is 10.7. The fourth-order valence-electron chi connectivity index (χ4n) is 3.63. The van der Waals surface area contributed by atoms with Gasteiger partial charge in [0.2, 0.25) is 0 Å². The molecule has 17 heavy (non-hydrogen) atoms. The zero-order chi connectivity index (χ0) is 11.4. The Hall–Kier alpha value is -1.28. The monoisotopic (exact) mass is 227 g/mol. The van der Waals surface area contributed by atoms with Crippen molar-refractivity contribution in [2.75, 3.05) is 6.61 Å². The molecule has 1 saturated carbocycles. The number of para-hydroxylation sites is 1. The molecule has 1 aliphatic carbocycles. The average molecular weight is 227 g/mol. The summed E-state index contributed by atoms with van der Waals surface area (Å²) in [4.78, 5) is 0. The van der Waals surface area contributed by atoms with Gasteiger partial charge in [0.15, 0.2) is 0 Å². The quantitative estimate of drug-likeness (QED) is 0.838. The van der Waals surface area contributed by atoms with Gasteiger partial charge in [-0.1, -0.05) is 18.2 Å². The Kier molecular flexibility index (Phi) is 1.92. The van der Waals surface area contributed by atoms with E-state index in [1.165, 1.54) is 41.5 Å². The van der Waals surface area contributed by atoms with Gasteiger partial charge in [-0.05, 0) is 36.8 Å². The molecular formula is C15H17NO. The van der Waals surface area contributed by atoms with Crippen molar-refractivity contribution in [2.24, 2.45) is 5.92 Å². The van der Waals surface area contributed by atoms with E-state index < -0.39 is 0 Å². The molecule has 0 saturated heterocycles. The van der Waals surface area contributed by atoms with Crippen molar-refractivity contribution in [3.8, 4) is 0 Å². The van der Waals surface area contributed by atoms with E-state index >= 15 is 0 Å². The number of aryl methyl sites for hydroxylation is 1. The van der Waals surface area contributed by atoms with Crippen LogP contribution >= 0.6 is 0 Å². The summed E-state index contributed by atoms with van der Waals surface area (Å²) in [5.41, 5.74) is 4.32. The van der Waals surface area contributed by atoms with E-state index in [-0.39, 0.29) is 6.61 Å². The van der Waals surface area contributed by atoms with E-state index in [0.29, 0.717) is 0 Å². The highest BCUT2D eigenvalue weighted by Crippen LogP contribution is 2.55. The zero-order valence-electron chi connectivity index (χ0n) is 9.89. The maximum Gasteiger partial charge on any atom is 0.0485 e. The highest BCUT2D eigenvalue weighted by molar-refractivity contribution is 5.86. The Bertz CT molecular complexity index is 584. The van der Waals surface area contributed by atoms with Crippen LogP contribution in [-0.2, 0) is 13.0 Å². The molecule has 2 heterocycles. The van der Waals surface area contributed by atoms with E-state index in [1.54, 1.807) is 0 Å². The molecule has 1 fully saturated rings. The van der Waals surface area contributed by atoms with E-state index in [1.807, 2.05) is 0 Å². The third kappa shape index (κ3) is 1.25. The molecule has 2 unspecified atom stereocenters. The minimum atomic E-state index is 0.262. The number of hydrogen-bond donors (Lipinski definition) is 1. The SMILES string of the molecule is OCCc1c2n(c3ccccc13)CCC1CC21. The van der Waals surface area contributed by atoms with Crippen molar-refractivity contribution < 1.29 is 5.11 Å². The molecule has 2 aromatic rings. The van der Waals surface area contributed by atoms with Crippen LogP contribution in [0.5, 0.6) is 0 Å². The molecule has 88 valence electrons. The lowest BCUT2D eigenvalue weighted by Gasteiger charge is -2.16.